The SMILES string of the molecule is Cc1ncc(OC(=O)N(C)Cc2csc(NC(=O)NCc3cccc(F)c3)n2)c(C)n1. The number of urea groups is 1. The second-order valence-electron chi connectivity index (χ2n) is 6.67. The minimum absolute atomic E-state index is 0.179. The first-order valence-electron chi connectivity index (χ1n) is 9.27. The maximum absolute atomic E-state index is 13.2. The third kappa shape index (κ3) is 6.44. The maximum Gasteiger partial charge on any atom is 0.415 e. The van der Waals surface area contributed by atoms with Crippen molar-refractivity contribution >= 4 is 28.6 Å². The first kappa shape index (κ1) is 22.1. The number of ether oxygens (including phenoxy) is 1. The van der Waals surface area contributed by atoms with Crippen molar-refractivity contribution in [2.45, 2.75) is 26.9 Å². The molecule has 0 saturated heterocycles. The van der Waals surface area contributed by atoms with Gasteiger partial charge in [0.15, 0.2) is 10.9 Å². The van der Waals surface area contributed by atoms with Crippen molar-refractivity contribution in [1.82, 2.24) is 25.2 Å². The Kier molecular flexibility index (Phi) is 7.08. The van der Waals surface area contributed by atoms with Gasteiger partial charge < -0.3 is 15.0 Å². The van der Waals surface area contributed by atoms with E-state index < -0.39 is 12.1 Å². The molecular formula is C20H21FN6O3S. The van der Waals surface area contributed by atoms with E-state index in [1.54, 1.807) is 38.4 Å². The number of carbonyl (C=O) groups excluding carboxylic acids is 2. The number of carbonyl (C=O) groups is 2. The highest BCUT2D eigenvalue weighted by Gasteiger charge is 2.16. The number of nitrogens with one attached hydrogen (secondary N) is 2. The molecule has 0 aliphatic heterocycles. The van der Waals surface area contributed by atoms with Gasteiger partial charge in [0, 0.05) is 19.0 Å². The highest BCUT2D eigenvalue weighted by Crippen LogP contribution is 2.18. The lowest BCUT2D eigenvalue weighted by Gasteiger charge is -2.16. The van der Waals surface area contributed by atoms with Gasteiger partial charge in [0.1, 0.15) is 11.6 Å². The topological polar surface area (TPSA) is 109 Å². The fourth-order valence-corrected chi connectivity index (χ4v) is 3.26. The molecule has 9 nitrogen and oxygen atoms in total. The predicted molar refractivity (Wildman–Crippen MR) is 113 cm³/mol. The summed E-state index contributed by atoms with van der Waals surface area (Å²) in [7, 11) is 1.57. The highest BCUT2D eigenvalue weighted by molar-refractivity contribution is 7.13. The van der Waals surface area contributed by atoms with Crippen LogP contribution in [0.3, 0.4) is 0 Å². The summed E-state index contributed by atoms with van der Waals surface area (Å²) in [5.41, 5.74) is 1.80. The number of aromatic nitrogens is 3. The van der Waals surface area contributed by atoms with Gasteiger partial charge in [-0.15, -0.1) is 11.3 Å². The van der Waals surface area contributed by atoms with Crippen molar-refractivity contribution in [3.05, 3.63) is 64.4 Å². The summed E-state index contributed by atoms with van der Waals surface area (Å²) in [6.45, 7) is 3.85. The Balaban J connectivity index is 1.49. The molecule has 0 fully saturated rings. The third-order valence-electron chi connectivity index (χ3n) is 4.08. The van der Waals surface area contributed by atoms with Gasteiger partial charge in [-0.3, -0.25) is 5.32 Å². The fourth-order valence-electron chi connectivity index (χ4n) is 2.56. The van der Waals surface area contributed by atoms with Crippen molar-refractivity contribution in [3.8, 4) is 5.75 Å². The molecule has 3 amide bonds. The second kappa shape index (κ2) is 9.94. The Hall–Kier alpha value is -3.60. The van der Waals surface area contributed by atoms with Crippen LogP contribution in [-0.4, -0.2) is 39.0 Å². The molecule has 2 N–H and O–H groups in total. The van der Waals surface area contributed by atoms with E-state index in [2.05, 4.69) is 25.6 Å². The van der Waals surface area contributed by atoms with Gasteiger partial charge in [0.25, 0.3) is 0 Å². The summed E-state index contributed by atoms with van der Waals surface area (Å²) in [5.74, 6) is 0.517. The standard InChI is InChI=1S/C20H21FN6O3S/c1-12-17(9-22-13(2)24-12)30-20(29)27(3)10-16-11-31-19(25-16)26-18(28)23-8-14-5-4-6-15(21)7-14/h4-7,9,11H,8,10H2,1-3H3,(H2,23,25,26,28). The zero-order chi connectivity index (χ0) is 22.4. The van der Waals surface area contributed by atoms with Crippen LogP contribution in [0.25, 0.3) is 0 Å². The number of hydrogen-bond acceptors (Lipinski definition) is 7. The summed E-state index contributed by atoms with van der Waals surface area (Å²) in [4.78, 5) is 38.1. The van der Waals surface area contributed by atoms with E-state index in [-0.39, 0.29) is 24.7 Å². The van der Waals surface area contributed by atoms with Gasteiger partial charge in [-0.2, -0.15) is 0 Å². The van der Waals surface area contributed by atoms with Gasteiger partial charge in [0.05, 0.1) is 24.1 Å². The van der Waals surface area contributed by atoms with Crippen LogP contribution in [0.5, 0.6) is 5.75 Å². The molecule has 2 aromatic heterocycles. The van der Waals surface area contributed by atoms with Crippen molar-refractivity contribution in [3.63, 3.8) is 0 Å². The summed E-state index contributed by atoms with van der Waals surface area (Å²) in [6, 6.07) is 5.51. The van der Waals surface area contributed by atoms with Crippen LogP contribution in [0.15, 0.2) is 35.8 Å². The van der Waals surface area contributed by atoms with Crippen molar-refractivity contribution in [1.29, 1.82) is 0 Å². The second-order valence-corrected chi connectivity index (χ2v) is 7.53. The number of aryl methyl sites for hydroxylation is 2. The first-order valence-corrected chi connectivity index (χ1v) is 10.1. The number of nitrogens with zero attached hydrogens (tertiary/aromatic N) is 4. The molecule has 0 radical (unpaired) electrons. The molecule has 0 saturated carbocycles. The number of halogens is 1. The minimum Gasteiger partial charge on any atom is -0.407 e. The Labute approximate surface area is 182 Å². The molecule has 0 aliphatic carbocycles. The molecule has 2 heterocycles. The average molecular weight is 444 g/mol. The molecule has 3 rings (SSSR count). The van der Waals surface area contributed by atoms with E-state index in [0.29, 0.717) is 27.9 Å². The van der Waals surface area contributed by atoms with Gasteiger partial charge in [-0.05, 0) is 31.5 Å². The monoisotopic (exact) mass is 444 g/mol. The van der Waals surface area contributed by atoms with E-state index in [1.165, 1.54) is 34.6 Å². The molecule has 0 atom stereocenters. The zero-order valence-corrected chi connectivity index (χ0v) is 18.0. The summed E-state index contributed by atoms with van der Waals surface area (Å²) < 4.78 is 18.5. The van der Waals surface area contributed by atoms with Gasteiger partial charge >= 0.3 is 12.1 Å². The third-order valence-corrected chi connectivity index (χ3v) is 4.88. The van der Waals surface area contributed by atoms with E-state index in [4.69, 9.17) is 4.74 Å². The lowest BCUT2D eigenvalue weighted by atomic mass is 10.2. The van der Waals surface area contributed by atoms with E-state index in [0.717, 1.165) is 0 Å². The fraction of sp³-hybridized carbons (Fsp3) is 0.250. The number of thiazole rings is 1. The Bertz CT molecular complexity index is 1090. The van der Waals surface area contributed by atoms with Gasteiger partial charge in [-0.1, -0.05) is 12.1 Å². The van der Waals surface area contributed by atoms with Crippen LogP contribution < -0.4 is 15.4 Å². The van der Waals surface area contributed by atoms with Crippen LogP contribution in [0.1, 0.15) is 22.8 Å². The lowest BCUT2D eigenvalue weighted by molar-refractivity contribution is 0.159. The molecule has 31 heavy (non-hydrogen) atoms. The number of amides is 3. The van der Waals surface area contributed by atoms with Crippen molar-refractivity contribution < 1.29 is 18.7 Å². The van der Waals surface area contributed by atoms with Crippen LogP contribution in [0, 0.1) is 19.7 Å². The molecule has 162 valence electrons. The van der Waals surface area contributed by atoms with E-state index in [1.807, 2.05) is 0 Å². The van der Waals surface area contributed by atoms with E-state index in [9.17, 15) is 14.0 Å². The average Bonchev–Trinajstić information content (AvgIpc) is 3.15. The summed E-state index contributed by atoms with van der Waals surface area (Å²) in [5, 5.41) is 7.35. The van der Waals surface area contributed by atoms with Crippen LogP contribution in [-0.2, 0) is 13.1 Å². The lowest BCUT2D eigenvalue weighted by Crippen LogP contribution is -2.30. The Morgan fingerprint density at radius 2 is 2.06 bits per heavy atom. The molecule has 0 unspecified atom stereocenters. The Morgan fingerprint density at radius 3 is 2.81 bits per heavy atom. The number of hydrogen-bond donors (Lipinski definition) is 2. The van der Waals surface area contributed by atoms with Crippen LogP contribution >= 0.6 is 11.3 Å². The summed E-state index contributed by atoms with van der Waals surface area (Å²) >= 11 is 1.22. The summed E-state index contributed by atoms with van der Waals surface area (Å²) in [6.07, 6.45) is 0.877. The van der Waals surface area contributed by atoms with Crippen molar-refractivity contribution in [2.75, 3.05) is 12.4 Å². The molecule has 3 aromatic rings. The largest absolute Gasteiger partial charge is 0.415 e. The molecule has 0 bridgehead atoms. The smallest absolute Gasteiger partial charge is 0.407 e. The van der Waals surface area contributed by atoms with E-state index >= 15 is 0 Å². The van der Waals surface area contributed by atoms with Gasteiger partial charge in [-0.25, -0.2) is 28.9 Å². The first-order chi connectivity index (χ1) is 14.8. The Morgan fingerprint density at radius 1 is 1.26 bits per heavy atom. The predicted octanol–water partition coefficient (Wildman–Crippen LogP) is 3.64. The minimum atomic E-state index is -0.578. The zero-order valence-electron chi connectivity index (χ0n) is 17.2. The molecule has 0 spiro atoms. The van der Waals surface area contributed by atoms with Crippen LogP contribution in [0.2, 0.25) is 0 Å². The quantitative estimate of drug-likeness (QED) is 0.601. The number of anilines is 1. The molecule has 0 aliphatic rings. The molecule has 1 aromatic carbocycles. The number of rotatable bonds is 6. The number of benzene rings is 1. The maximum atomic E-state index is 13.2. The van der Waals surface area contributed by atoms with Crippen LogP contribution in [0.4, 0.5) is 19.1 Å². The highest BCUT2D eigenvalue weighted by atomic mass is 32.1. The molecule has 11 heteroatoms. The normalized spacial score (nSPS) is 10.5. The molecular weight excluding hydrogens is 423 g/mol. The van der Waals surface area contributed by atoms with Crippen molar-refractivity contribution in [2.24, 2.45) is 0 Å². The van der Waals surface area contributed by atoms with Gasteiger partial charge in [0.2, 0.25) is 0 Å².